The highest BCUT2D eigenvalue weighted by molar-refractivity contribution is 6.16. The van der Waals surface area contributed by atoms with Crippen LogP contribution >= 0.6 is 0 Å². The van der Waals surface area contributed by atoms with Crippen LogP contribution in [0.4, 0.5) is 0 Å². The van der Waals surface area contributed by atoms with Crippen LogP contribution in [0.25, 0.3) is 0 Å². The smallest absolute Gasteiger partial charge is 0.346 e. The SMILES string of the molecule is CC1=CC2=C(C(C)C)C3=C(C(=O)OC3=O)C(C)(C)[C@]2(C)O1. The number of fused-ring (bicyclic) bond motifs is 1. The van der Waals surface area contributed by atoms with E-state index in [4.69, 9.17) is 9.47 Å². The second-order valence-electron chi connectivity index (χ2n) is 6.92. The van der Waals surface area contributed by atoms with Gasteiger partial charge in [-0.1, -0.05) is 27.7 Å². The molecule has 0 aromatic heterocycles. The molecule has 0 saturated heterocycles. The Balaban J connectivity index is 2.41. The number of carbonyl (C=O) groups is 2. The average molecular weight is 288 g/mol. The summed E-state index contributed by atoms with van der Waals surface area (Å²) >= 11 is 0. The molecule has 0 spiro atoms. The summed E-state index contributed by atoms with van der Waals surface area (Å²) in [5.41, 5.74) is 1.48. The molecule has 0 amide bonds. The third kappa shape index (κ3) is 1.50. The van der Waals surface area contributed by atoms with Crippen LogP contribution in [-0.2, 0) is 19.1 Å². The molecule has 21 heavy (non-hydrogen) atoms. The van der Waals surface area contributed by atoms with Crippen molar-refractivity contribution < 1.29 is 19.1 Å². The number of rotatable bonds is 1. The molecular weight excluding hydrogens is 268 g/mol. The molecule has 0 unspecified atom stereocenters. The lowest BCUT2D eigenvalue weighted by molar-refractivity contribution is -0.152. The van der Waals surface area contributed by atoms with E-state index in [9.17, 15) is 9.59 Å². The molecule has 0 aromatic carbocycles. The largest absolute Gasteiger partial charge is 0.487 e. The molecule has 0 fully saturated rings. The zero-order chi connectivity index (χ0) is 15.7. The highest BCUT2D eigenvalue weighted by atomic mass is 16.6. The maximum Gasteiger partial charge on any atom is 0.346 e. The molecule has 4 heteroatoms. The van der Waals surface area contributed by atoms with E-state index in [2.05, 4.69) is 0 Å². The average Bonchev–Trinajstić information content (AvgIpc) is 2.78. The minimum absolute atomic E-state index is 0.102. The molecule has 0 N–H and O–H groups in total. The van der Waals surface area contributed by atoms with Crippen molar-refractivity contribution in [2.24, 2.45) is 11.3 Å². The Morgan fingerprint density at radius 1 is 1.10 bits per heavy atom. The number of hydrogen-bond donors (Lipinski definition) is 0. The normalized spacial score (nSPS) is 30.3. The molecule has 4 nitrogen and oxygen atoms in total. The monoisotopic (exact) mass is 288 g/mol. The van der Waals surface area contributed by atoms with Gasteiger partial charge in [0.2, 0.25) is 0 Å². The van der Waals surface area contributed by atoms with Crippen molar-refractivity contribution in [3.05, 3.63) is 34.1 Å². The Hall–Kier alpha value is -1.84. The fraction of sp³-hybridized carbons (Fsp3) is 0.529. The van der Waals surface area contributed by atoms with Crippen LogP contribution < -0.4 is 0 Å². The van der Waals surface area contributed by atoms with Gasteiger partial charge in [-0.05, 0) is 31.4 Å². The van der Waals surface area contributed by atoms with Crippen LogP contribution in [0.5, 0.6) is 0 Å². The van der Waals surface area contributed by atoms with E-state index in [1.807, 2.05) is 47.6 Å². The highest BCUT2D eigenvalue weighted by Gasteiger charge is 2.60. The summed E-state index contributed by atoms with van der Waals surface area (Å²) < 4.78 is 11.0. The van der Waals surface area contributed by atoms with E-state index in [0.29, 0.717) is 11.1 Å². The Morgan fingerprint density at radius 2 is 1.71 bits per heavy atom. The van der Waals surface area contributed by atoms with Crippen molar-refractivity contribution in [2.45, 2.75) is 47.1 Å². The Bertz CT molecular complexity index is 673. The number of carbonyl (C=O) groups excluding carboxylic acids is 2. The van der Waals surface area contributed by atoms with E-state index in [1.54, 1.807) is 0 Å². The molecule has 3 aliphatic rings. The maximum absolute atomic E-state index is 12.2. The number of ether oxygens (including phenoxy) is 2. The van der Waals surface area contributed by atoms with Crippen LogP contribution in [0.15, 0.2) is 34.1 Å². The lowest BCUT2D eigenvalue weighted by atomic mass is 9.60. The first kappa shape index (κ1) is 14.1. The van der Waals surface area contributed by atoms with Gasteiger partial charge in [0.25, 0.3) is 0 Å². The van der Waals surface area contributed by atoms with Gasteiger partial charge in [-0.25, -0.2) is 9.59 Å². The van der Waals surface area contributed by atoms with Crippen LogP contribution in [-0.4, -0.2) is 17.5 Å². The lowest BCUT2D eigenvalue weighted by Crippen LogP contribution is -2.48. The van der Waals surface area contributed by atoms with Crippen molar-refractivity contribution in [1.29, 1.82) is 0 Å². The maximum atomic E-state index is 12.2. The van der Waals surface area contributed by atoms with E-state index in [1.165, 1.54) is 0 Å². The Labute approximate surface area is 124 Å². The van der Waals surface area contributed by atoms with E-state index in [-0.39, 0.29) is 5.92 Å². The summed E-state index contributed by atoms with van der Waals surface area (Å²) in [4.78, 5) is 24.4. The molecule has 3 rings (SSSR count). The van der Waals surface area contributed by atoms with Gasteiger partial charge in [0.1, 0.15) is 5.60 Å². The molecule has 1 atom stereocenters. The first-order chi connectivity index (χ1) is 9.61. The zero-order valence-electron chi connectivity index (χ0n) is 13.3. The number of esters is 2. The standard InChI is InChI=1S/C17H20O4/c1-8(2)11-10-7-9(3)21-17(10,6)16(4,5)13-12(11)14(18)20-15(13)19/h7-8H,1-6H3/t17-/m1/s1. The predicted molar refractivity (Wildman–Crippen MR) is 77.0 cm³/mol. The predicted octanol–water partition coefficient (Wildman–Crippen LogP) is 3.05. The molecule has 1 aliphatic carbocycles. The summed E-state index contributed by atoms with van der Waals surface area (Å²) in [7, 11) is 0. The number of allylic oxidation sites excluding steroid dienone is 1. The molecular formula is C17H20O4. The van der Waals surface area contributed by atoms with E-state index in [0.717, 1.165) is 16.9 Å². The molecule has 2 heterocycles. The van der Waals surface area contributed by atoms with Crippen molar-refractivity contribution in [1.82, 2.24) is 0 Å². The molecule has 0 saturated carbocycles. The molecule has 0 aromatic rings. The molecule has 0 bridgehead atoms. The third-order valence-electron chi connectivity index (χ3n) is 5.02. The summed E-state index contributed by atoms with van der Waals surface area (Å²) in [5, 5.41) is 0. The minimum atomic E-state index is -0.654. The van der Waals surface area contributed by atoms with Crippen LogP contribution in [0, 0.1) is 11.3 Å². The van der Waals surface area contributed by atoms with Gasteiger partial charge in [0.05, 0.1) is 16.9 Å². The fourth-order valence-electron chi connectivity index (χ4n) is 3.72. The summed E-state index contributed by atoms with van der Waals surface area (Å²) in [6.07, 6.45) is 1.98. The fourth-order valence-corrected chi connectivity index (χ4v) is 3.72. The van der Waals surface area contributed by atoms with Crippen LogP contribution in [0.3, 0.4) is 0 Å². The first-order valence-electron chi connectivity index (χ1n) is 7.25. The van der Waals surface area contributed by atoms with Gasteiger partial charge in [-0.2, -0.15) is 0 Å². The summed E-state index contributed by atoms with van der Waals surface area (Å²) in [6.45, 7) is 11.8. The topological polar surface area (TPSA) is 52.6 Å². The number of hydrogen-bond acceptors (Lipinski definition) is 4. The van der Waals surface area contributed by atoms with E-state index >= 15 is 0 Å². The summed E-state index contributed by atoms with van der Waals surface area (Å²) in [5.74, 6) is -0.156. The highest BCUT2D eigenvalue weighted by Crippen LogP contribution is 2.58. The molecule has 112 valence electrons. The second-order valence-corrected chi connectivity index (χ2v) is 6.92. The quantitative estimate of drug-likeness (QED) is 0.549. The first-order valence-corrected chi connectivity index (χ1v) is 7.25. The second kappa shape index (κ2) is 3.87. The van der Waals surface area contributed by atoms with Crippen molar-refractivity contribution >= 4 is 11.9 Å². The van der Waals surface area contributed by atoms with Crippen molar-refractivity contribution in [3.63, 3.8) is 0 Å². The Morgan fingerprint density at radius 3 is 2.29 bits per heavy atom. The van der Waals surface area contributed by atoms with Gasteiger partial charge in [0, 0.05) is 11.0 Å². The van der Waals surface area contributed by atoms with Gasteiger partial charge in [-0.15, -0.1) is 0 Å². The third-order valence-corrected chi connectivity index (χ3v) is 5.02. The molecule has 0 radical (unpaired) electrons. The van der Waals surface area contributed by atoms with Crippen LogP contribution in [0.1, 0.15) is 41.5 Å². The van der Waals surface area contributed by atoms with Gasteiger partial charge in [-0.3, -0.25) is 0 Å². The molecule has 2 aliphatic heterocycles. The van der Waals surface area contributed by atoms with Crippen LogP contribution in [0.2, 0.25) is 0 Å². The van der Waals surface area contributed by atoms with Gasteiger partial charge in [0.15, 0.2) is 0 Å². The van der Waals surface area contributed by atoms with Crippen molar-refractivity contribution in [2.75, 3.05) is 0 Å². The van der Waals surface area contributed by atoms with E-state index < -0.39 is 23.0 Å². The zero-order valence-corrected chi connectivity index (χ0v) is 13.3. The minimum Gasteiger partial charge on any atom is -0.487 e. The summed E-state index contributed by atoms with van der Waals surface area (Å²) in [6, 6.07) is 0. The van der Waals surface area contributed by atoms with Gasteiger partial charge >= 0.3 is 11.9 Å². The van der Waals surface area contributed by atoms with Gasteiger partial charge < -0.3 is 9.47 Å². The van der Waals surface area contributed by atoms with Crippen molar-refractivity contribution in [3.8, 4) is 0 Å². The Kier molecular flexibility index (Phi) is 2.60. The number of cyclic esters (lactones) is 2. The lowest BCUT2D eigenvalue weighted by Gasteiger charge is -2.46.